The lowest BCUT2D eigenvalue weighted by Gasteiger charge is -2.10. The average molecular weight is 356 g/mol. The average Bonchev–Trinajstić information content (AvgIpc) is 2.33. The maximum Gasteiger partial charge on any atom is 0.337 e. The molecule has 3 N–H and O–H groups in total. The first-order valence-electron chi connectivity index (χ1n) is 5.59. The monoisotopic (exact) mass is 355 g/mol. The van der Waals surface area contributed by atoms with Crippen LogP contribution in [-0.4, -0.2) is 37.1 Å². The number of carboxylic acids is 2. The van der Waals surface area contributed by atoms with E-state index in [0.717, 1.165) is 12.1 Å². The Morgan fingerprint density at radius 3 is 2.29 bits per heavy atom. The number of aromatic carboxylic acids is 1. The molecule has 116 valence electrons. The fourth-order valence-electron chi connectivity index (χ4n) is 1.42. The number of carboxylic acid groups (broad SMARTS) is 2. The molecule has 7 nitrogen and oxygen atoms in total. The summed E-state index contributed by atoms with van der Waals surface area (Å²) < 4.78 is 26.2. The molecule has 0 radical (unpaired) electrons. The second kappa shape index (κ2) is 7.08. The van der Waals surface area contributed by atoms with Crippen molar-refractivity contribution in [2.45, 2.75) is 17.7 Å². The highest BCUT2D eigenvalue weighted by atomic mass is 35.5. The van der Waals surface area contributed by atoms with Crippen LogP contribution in [0, 0.1) is 0 Å². The molecule has 0 unspecified atom stereocenters. The second-order valence-electron chi connectivity index (χ2n) is 3.96. The number of sulfonamides is 1. The van der Waals surface area contributed by atoms with Gasteiger partial charge in [-0.2, -0.15) is 0 Å². The molecule has 1 rings (SSSR count). The molecule has 0 fully saturated rings. The number of rotatable bonds is 7. The SMILES string of the molecule is O=C(O)CCCNS(=O)(=O)c1cc(C(=O)O)c(Cl)cc1Cl. The lowest BCUT2D eigenvalue weighted by Crippen LogP contribution is -2.25. The lowest BCUT2D eigenvalue weighted by molar-refractivity contribution is -0.137. The molecular weight excluding hydrogens is 345 g/mol. The minimum Gasteiger partial charge on any atom is -0.481 e. The molecule has 0 aromatic heterocycles. The first kappa shape index (κ1) is 17.7. The molecule has 0 spiro atoms. The van der Waals surface area contributed by atoms with Crippen molar-refractivity contribution < 1.29 is 28.2 Å². The summed E-state index contributed by atoms with van der Waals surface area (Å²) >= 11 is 11.4. The van der Waals surface area contributed by atoms with E-state index in [1.807, 2.05) is 0 Å². The highest BCUT2D eigenvalue weighted by molar-refractivity contribution is 7.89. The van der Waals surface area contributed by atoms with Gasteiger partial charge in [0.15, 0.2) is 0 Å². The van der Waals surface area contributed by atoms with Gasteiger partial charge in [-0.05, 0) is 18.6 Å². The fourth-order valence-corrected chi connectivity index (χ4v) is 3.35. The zero-order chi connectivity index (χ0) is 16.2. The third kappa shape index (κ3) is 4.85. The van der Waals surface area contributed by atoms with Crippen LogP contribution in [0.4, 0.5) is 0 Å². The smallest absolute Gasteiger partial charge is 0.337 e. The minimum atomic E-state index is -4.06. The van der Waals surface area contributed by atoms with Crippen LogP contribution in [0.25, 0.3) is 0 Å². The highest BCUT2D eigenvalue weighted by Gasteiger charge is 2.22. The van der Waals surface area contributed by atoms with E-state index in [1.165, 1.54) is 0 Å². The lowest BCUT2D eigenvalue weighted by atomic mass is 10.2. The highest BCUT2D eigenvalue weighted by Crippen LogP contribution is 2.28. The van der Waals surface area contributed by atoms with Crippen molar-refractivity contribution in [2.24, 2.45) is 0 Å². The Bertz CT molecular complexity index is 674. The zero-order valence-corrected chi connectivity index (χ0v) is 12.8. The summed E-state index contributed by atoms with van der Waals surface area (Å²) in [6.45, 7) is -0.115. The molecule has 0 saturated heterocycles. The van der Waals surface area contributed by atoms with Crippen LogP contribution in [0.5, 0.6) is 0 Å². The molecule has 0 heterocycles. The first-order valence-corrected chi connectivity index (χ1v) is 7.83. The molecule has 1 aromatic rings. The van der Waals surface area contributed by atoms with Crippen molar-refractivity contribution in [3.63, 3.8) is 0 Å². The maximum atomic E-state index is 12.0. The molecule has 0 bridgehead atoms. The van der Waals surface area contributed by atoms with Crippen LogP contribution in [0.1, 0.15) is 23.2 Å². The van der Waals surface area contributed by atoms with Crippen LogP contribution < -0.4 is 4.72 Å². The quantitative estimate of drug-likeness (QED) is 0.641. The number of hydrogen-bond acceptors (Lipinski definition) is 4. The third-order valence-electron chi connectivity index (χ3n) is 2.40. The molecule has 0 saturated carbocycles. The van der Waals surface area contributed by atoms with E-state index in [0.29, 0.717) is 0 Å². The second-order valence-corrected chi connectivity index (χ2v) is 6.51. The van der Waals surface area contributed by atoms with Gasteiger partial charge in [0.25, 0.3) is 0 Å². The van der Waals surface area contributed by atoms with E-state index < -0.39 is 32.4 Å². The van der Waals surface area contributed by atoms with Crippen molar-refractivity contribution in [3.8, 4) is 0 Å². The van der Waals surface area contributed by atoms with Crippen molar-refractivity contribution >= 4 is 45.2 Å². The predicted octanol–water partition coefficient (Wildman–Crippen LogP) is 1.83. The molecule has 21 heavy (non-hydrogen) atoms. The Morgan fingerprint density at radius 1 is 1.14 bits per heavy atom. The Kier molecular flexibility index (Phi) is 5.97. The van der Waals surface area contributed by atoms with Crippen LogP contribution in [0.3, 0.4) is 0 Å². The number of aliphatic carboxylic acids is 1. The van der Waals surface area contributed by atoms with Crippen molar-refractivity contribution in [1.82, 2.24) is 4.72 Å². The standard InChI is InChI=1S/C11H11Cl2NO6S/c12-7-5-8(13)9(4-6(7)11(17)18)21(19,20)14-3-1-2-10(15)16/h4-5,14H,1-3H2,(H,15,16)(H,17,18). The molecule has 0 aliphatic rings. The minimum absolute atomic E-state index is 0.0888. The van der Waals surface area contributed by atoms with Crippen LogP contribution >= 0.6 is 23.2 Å². The number of carbonyl (C=O) groups is 2. The molecule has 0 aliphatic carbocycles. The number of hydrogen-bond donors (Lipinski definition) is 3. The summed E-state index contributed by atoms with van der Waals surface area (Å²) in [6, 6.07) is 1.88. The van der Waals surface area contributed by atoms with Crippen LogP contribution in [-0.2, 0) is 14.8 Å². The molecule has 0 amide bonds. The molecule has 10 heteroatoms. The predicted molar refractivity (Wildman–Crippen MR) is 75.5 cm³/mol. The van der Waals surface area contributed by atoms with E-state index in [4.69, 9.17) is 33.4 Å². The topological polar surface area (TPSA) is 121 Å². The molecule has 0 aliphatic heterocycles. The summed E-state index contributed by atoms with van der Waals surface area (Å²) in [6.07, 6.45) is -0.108. The summed E-state index contributed by atoms with van der Waals surface area (Å²) in [4.78, 5) is 20.8. The molecule has 0 atom stereocenters. The Morgan fingerprint density at radius 2 is 1.76 bits per heavy atom. The van der Waals surface area contributed by atoms with Gasteiger partial charge in [0, 0.05) is 13.0 Å². The zero-order valence-electron chi connectivity index (χ0n) is 10.5. The number of benzene rings is 1. The van der Waals surface area contributed by atoms with E-state index in [2.05, 4.69) is 4.72 Å². The largest absolute Gasteiger partial charge is 0.481 e. The molecular formula is C11H11Cl2NO6S. The van der Waals surface area contributed by atoms with Crippen molar-refractivity contribution in [1.29, 1.82) is 0 Å². The van der Waals surface area contributed by atoms with Crippen molar-refractivity contribution in [3.05, 3.63) is 27.7 Å². The summed E-state index contributed by atoms with van der Waals surface area (Å²) in [5, 5.41) is 17.0. The van der Waals surface area contributed by atoms with Gasteiger partial charge in [-0.15, -0.1) is 0 Å². The van der Waals surface area contributed by atoms with E-state index in [1.54, 1.807) is 0 Å². The van der Waals surface area contributed by atoms with Gasteiger partial charge in [0.1, 0.15) is 4.90 Å². The van der Waals surface area contributed by atoms with E-state index in [9.17, 15) is 18.0 Å². The number of nitrogens with one attached hydrogen (secondary N) is 1. The summed E-state index contributed by atoms with van der Waals surface area (Å²) in [7, 11) is -4.06. The fraction of sp³-hybridized carbons (Fsp3) is 0.273. The Labute approximate surface area is 130 Å². The van der Waals surface area contributed by atoms with E-state index in [-0.39, 0.29) is 29.4 Å². The van der Waals surface area contributed by atoms with Gasteiger partial charge in [0.2, 0.25) is 10.0 Å². The normalized spacial score (nSPS) is 11.3. The third-order valence-corrected chi connectivity index (χ3v) is 4.64. The van der Waals surface area contributed by atoms with Crippen LogP contribution in [0.15, 0.2) is 17.0 Å². The maximum absolute atomic E-state index is 12.0. The Balaban J connectivity index is 3.00. The van der Waals surface area contributed by atoms with Gasteiger partial charge in [-0.3, -0.25) is 4.79 Å². The van der Waals surface area contributed by atoms with Crippen LogP contribution in [0.2, 0.25) is 10.0 Å². The summed E-state index contributed by atoms with van der Waals surface area (Å²) in [5.74, 6) is -2.44. The van der Waals surface area contributed by atoms with Gasteiger partial charge in [-0.1, -0.05) is 23.2 Å². The van der Waals surface area contributed by atoms with Gasteiger partial charge in [-0.25, -0.2) is 17.9 Å². The summed E-state index contributed by atoms with van der Waals surface area (Å²) in [5.41, 5.74) is -0.396. The van der Waals surface area contributed by atoms with Gasteiger partial charge >= 0.3 is 11.9 Å². The van der Waals surface area contributed by atoms with Crippen molar-refractivity contribution in [2.75, 3.05) is 6.54 Å². The molecule has 1 aromatic carbocycles. The number of halogens is 2. The first-order chi connectivity index (χ1) is 9.65. The Hall–Kier alpha value is -1.35. The van der Waals surface area contributed by atoms with Gasteiger partial charge < -0.3 is 10.2 Å². The van der Waals surface area contributed by atoms with E-state index >= 15 is 0 Å². The van der Waals surface area contributed by atoms with Gasteiger partial charge in [0.05, 0.1) is 15.6 Å².